The fraction of sp³-hybridized carbons (Fsp3) is 0.125. The molecule has 0 saturated heterocycles. The zero-order chi connectivity index (χ0) is 14.4. The van der Waals surface area contributed by atoms with Crippen molar-refractivity contribution in [2.45, 2.75) is 13.5 Å². The van der Waals surface area contributed by atoms with Crippen LogP contribution in [0.5, 0.6) is 0 Å². The van der Waals surface area contributed by atoms with Gasteiger partial charge in [-0.15, -0.1) is 0 Å². The molecular weight excluding hydrogens is 255 g/mol. The van der Waals surface area contributed by atoms with Gasteiger partial charge in [0.25, 0.3) is 0 Å². The predicted octanol–water partition coefficient (Wildman–Crippen LogP) is 2.94. The average Bonchev–Trinajstić information content (AvgIpc) is 2.48. The van der Waals surface area contributed by atoms with Gasteiger partial charge in [0.05, 0.1) is 0 Å². The van der Waals surface area contributed by atoms with Crippen LogP contribution in [0.1, 0.15) is 18.1 Å². The molecular formula is C16H15FN2O. The van der Waals surface area contributed by atoms with E-state index in [-0.39, 0.29) is 11.7 Å². The van der Waals surface area contributed by atoms with Crippen LogP contribution in [0.25, 0.3) is 6.08 Å². The van der Waals surface area contributed by atoms with Gasteiger partial charge < -0.3 is 5.32 Å². The van der Waals surface area contributed by atoms with Gasteiger partial charge in [0.15, 0.2) is 0 Å². The topological polar surface area (TPSA) is 42.0 Å². The Labute approximate surface area is 117 Å². The summed E-state index contributed by atoms with van der Waals surface area (Å²) in [6.07, 6.45) is 4.90. The van der Waals surface area contributed by atoms with E-state index < -0.39 is 0 Å². The molecule has 4 heteroatoms. The summed E-state index contributed by atoms with van der Waals surface area (Å²) in [4.78, 5) is 15.9. The van der Waals surface area contributed by atoms with E-state index >= 15 is 0 Å². The molecule has 1 heterocycles. The largest absolute Gasteiger partial charge is 0.348 e. The smallest absolute Gasteiger partial charge is 0.247 e. The van der Waals surface area contributed by atoms with Crippen LogP contribution in [0, 0.1) is 5.82 Å². The quantitative estimate of drug-likeness (QED) is 0.868. The standard InChI is InChI=1S/C16H15FN2O/c1-12(9-14-6-2-3-7-15(14)17)16(20)19-11-13-5-4-8-18-10-13/h2-10H,11H2,1H3,(H,19,20)/b12-9+. The molecule has 0 spiro atoms. The second kappa shape index (κ2) is 6.61. The normalized spacial score (nSPS) is 11.2. The SMILES string of the molecule is C/C(=C\c1ccccc1F)C(=O)NCc1cccnc1. The Hall–Kier alpha value is -2.49. The van der Waals surface area contributed by atoms with Gasteiger partial charge in [-0.3, -0.25) is 9.78 Å². The fourth-order valence-corrected chi connectivity index (χ4v) is 1.72. The van der Waals surface area contributed by atoms with Crippen LogP contribution >= 0.6 is 0 Å². The maximum atomic E-state index is 13.5. The lowest BCUT2D eigenvalue weighted by Gasteiger charge is -2.05. The number of hydrogen-bond acceptors (Lipinski definition) is 2. The minimum absolute atomic E-state index is 0.225. The molecule has 0 bridgehead atoms. The van der Waals surface area contributed by atoms with E-state index in [1.807, 2.05) is 12.1 Å². The molecule has 0 fully saturated rings. The number of benzene rings is 1. The van der Waals surface area contributed by atoms with Crippen LogP contribution in [0.15, 0.2) is 54.4 Å². The number of carbonyl (C=O) groups is 1. The molecule has 2 aromatic rings. The Bertz CT molecular complexity index is 623. The van der Waals surface area contributed by atoms with Crippen LogP contribution in [-0.4, -0.2) is 10.9 Å². The summed E-state index contributed by atoms with van der Waals surface area (Å²) < 4.78 is 13.5. The maximum absolute atomic E-state index is 13.5. The van der Waals surface area contributed by atoms with Gasteiger partial charge in [0.1, 0.15) is 5.82 Å². The van der Waals surface area contributed by atoms with E-state index in [1.54, 1.807) is 37.5 Å². The second-order valence-electron chi connectivity index (χ2n) is 4.39. The molecule has 1 amide bonds. The van der Waals surface area contributed by atoms with E-state index in [0.717, 1.165) is 5.56 Å². The zero-order valence-corrected chi connectivity index (χ0v) is 11.1. The number of nitrogens with one attached hydrogen (secondary N) is 1. The first kappa shape index (κ1) is 13.9. The number of aromatic nitrogens is 1. The van der Waals surface area contributed by atoms with Crippen molar-refractivity contribution in [3.05, 3.63) is 71.3 Å². The molecule has 1 N–H and O–H groups in total. The van der Waals surface area contributed by atoms with E-state index in [0.29, 0.717) is 17.7 Å². The molecule has 3 nitrogen and oxygen atoms in total. The van der Waals surface area contributed by atoms with Crippen molar-refractivity contribution < 1.29 is 9.18 Å². The highest BCUT2D eigenvalue weighted by Crippen LogP contribution is 2.11. The summed E-state index contributed by atoms with van der Waals surface area (Å²) in [6, 6.07) is 10.0. The highest BCUT2D eigenvalue weighted by Gasteiger charge is 2.05. The zero-order valence-electron chi connectivity index (χ0n) is 11.1. The Morgan fingerprint density at radius 1 is 1.30 bits per heavy atom. The minimum atomic E-state index is -0.341. The molecule has 1 aromatic heterocycles. The van der Waals surface area contributed by atoms with Crippen LogP contribution in [0.3, 0.4) is 0 Å². The predicted molar refractivity (Wildman–Crippen MR) is 76.1 cm³/mol. The minimum Gasteiger partial charge on any atom is -0.348 e. The molecule has 0 aliphatic carbocycles. The van der Waals surface area contributed by atoms with Gasteiger partial charge >= 0.3 is 0 Å². The van der Waals surface area contributed by atoms with Gasteiger partial charge in [-0.25, -0.2) is 4.39 Å². The first-order chi connectivity index (χ1) is 9.66. The Morgan fingerprint density at radius 3 is 2.80 bits per heavy atom. The number of hydrogen-bond donors (Lipinski definition) is 1. The third-order valence-corrected chi connectivity index (χ3v) is 2.81. The average molecular weight is 270 g/mol. The number of carbonyl (C=O) groups excluding carboxylic acids is 1. The van der Waals surface area contributed by atoms with E-state index in [4.69, 9.17) is 0 Å². The first-order valence-electron chi connectivity index (χ1n) is 6.27. The number of halogens is 1. The molecule has 0 unspecified atom stereocenters. The van der Waals surface area contributed by atoms with Crippen molar-refractivity contribution in [3.8, 4) is 0 Å². The molecule has 0 atom stereocenters. The summed E-state index contributed by atoms with van der Waals surface area (Å²) in [7, 11) is 0. The summed E-state index contributed by atoms with van der Waals surface area (Å²) >= 11 is 0. The highest BCUT2D eigenvalue weighted by molar-refractivity contribution is 5.97. The lowest BCUT2D eigenvalue weighted by Crippen LogP contribution is -2.23. The fourth-order valence-electron chi connectivity index (χ4n) is 1.72. The highest BCUT2D eigenvalue weighted by atomic mass is 19.1. The molecule has 0 aliphatic heterocycles. The third-order valence-electron chi connectivity index (χ3n) is 2.81. The number of rotatable bonds is 4. The van der Waals surface area contributed by atoms with Gasteiger partial charge in [-0.1, -0.05) is 24.3 Å². The monoisotopic (exact) mass is 270 g/mol. The molecule has 0 saturated carbocycles. The van der Waals surface area contributed by atoms with Crippen molar-refractivity contribution in [1.82, 2.24) is 10.3 Å². The van der Waals surface area contributed by atoms with E-state index in [9.17, 15) is 9.18 Å². The van der Waals surface area contributed by atoms with Crippen LogP contribution in [0.4, 0.5) is 4.39 Å². The van der Waals surface area contributed by atoms with Crippen LogP contribution < -0.4 is 5.32 Å². The molecule has 1 aromatic carbocycles. The number of pyridine rings is 1. The lowest BCUT2D eigenvalue weighted by atomic mass is 10.1. The van der Waals surface area contributed by atoms with E-state index in [2.05, 4.69) is 10.3 Å². The molecule has 0 aliphatic rings. The summed E-state index contributed by atoms with van der Waals surface area (Å²) in [5.41, 5.74) is 1.78. The first-order valence-corrected chi connectivity index (χ1v) is 6.27. The second-order valence-corrected chi connectivity index (χ2v) is 4.39. The van der Waals surface area contributed by atoms with Gasteiger partial charge in [0.2, 0.25) is 5.91 Å². The Kier molecular flexibility index (Phi) is 4.60. The number of amides is 1. The third kappa shape index (κ3) is 3.75. The molecule has 20 heavy (non-hydrogen) atoms. The maximum Gasteiger partial charge on any atom is 0.247 e. The molecule has 2 rings (SSSR count). The van der Waals surface area contributed by atoms with Crippen molar-refractivity contribution in [1.29, 1.82) is 0 Å². The van der Waals surface area contributed by atoms with Crippen LogP contribution in [0.2, 0.25) is 0 Å². The summed E-state index contributed by atoms with van der Waals surface area (Å²) in [6.45, 7) is 2.06. The Morgan fingerprint density at radius 2 is 2.10 bits per heavy atom. The van der Waals surface area contributed by atoms with Crippen molar-refractivity contribution >= 4 is 12.0 Å². The van der Waals surface area contributed by atoms with Gasteiger partial charge in [0, 0.05) is 30.1 Å². The summed E-state index contributed by atoms with van der Waals surface area (Å²) in [5.74, 6) is -0.566. The van der Waals surface area contributed by atoms with Crippen LogP contribution in [-0.2, 0) is 11.3 Å². The van der Waals surface area contributed by atoms with Gasteiger partial charge in [-0.05, 0) is 30.7 Å². The van der Waals surface area contributed by atoms with Crippen molar-refractivity contribution in [2.24, 2.45) is 0 Å². The Balaban J connectivity index is 2.00. The van der Waals surface area contributed by atoms with Crippen molar-refractivity contribution in [3.63, 3.8) is 0 Å². The van der Waals surface area contributed by atoms with Crippen molar-refractivity contribution in [2.75, 3.05) is 0 Å². The van der Waals surface area contributed by atoms with E-state index in [1.165, 1.54) is 12.1 Å². The molecule has 0 radical (unpaired) electrons. The number of nitrogens with zero attached hydrogens (tertiary/aromatic N) is 1. The molecule has 102 valence electrons. The van der Waals surface area contributed by atoms with Gasteiger partial charge in [-0.2, -0.15) is 0 Å². The summed E-state index contributed by atoms with van der Waals surface area (Å²) in [5, 5.41) is 2.77. The lowest BCUT2D eigenvalue weighted by molar-refractivity contribution is -0.117.